The van der Waals surface area contributed by atoms with Crippen LogP contribution in [-0.4, -0.2) is 74.5 Å². The second kappa shape index (κ2) is 9.49. The Balaban J connectivity index is 1.97. The highest BCUT2D eigenvalue weighted by Crippen LogP contribution is 2.17. The Hall–Kier alpha value is -1.97. The van der Waals surface area contributed by atoms with Crippen LogP contribution in [0.3, 0.4) is 0 Å². The highest BCUT2D eigenvalue weighted by Gasteiger charge is 2.27. The Morgan fingerprint density at radius 2 is 1.64 bits per heavy atom. The quantitative estimate of drug-likeness (QED) is 0.630. The van der Waals surface area contributed by atoms with Crippen molar-refractivity contribution in [2.75, 3.05) is 32.8 Å². The highest BCUT2D eigenvalue weighted by atomic mass is 32.2. The van der Waals surface area contributed by atoms with Gasteiger partial charge in [0.15, 0.2) is 6.61 Å². The lowest BCUT2D eigenvalue weighted by Crippen LogP contribution is -2.49. The molecule has 0 aliphatic carbocycles. The number of sulfonamides is 1. The summed E-state index contributed by atoms with van der Waals surface area (Å²) in [5, 5.41) is 0. The van der Waals surface area contributed by atoms with E-state index in [9.17, 15) is 18.0 Å². The lowest BCUT2D eigenvalue weighted by atomic mass is 10.2. The summed E-state index contributed by atoms with van der Waals surface area (Å²) in [6.07, 6.45) is -0.132. The molecule has 1 saturated heterocycles. The number of hydrogen-bond acceptors (Lipinski definition) is 6. The first-order chi connectivity index (χ1) is 13.2. The van der Waals surface area contributed by atoms with Gasteiger partial charge in [-0.25, -0.2) is 13.2 Å². The number of carbonyl (C=O) groups is 2. The van der Waals surface area contributed by atoms with Crippen LogP contribution < -0.4 is 0 Å². The van der Waals surface area contributed by atoms with Crippen molar-refractivity contribution < 1.29 is 27.5 Å². The lowest BCUT2D eigenvalue weighted by Gasteiger charge is -2.35. The Kier molecular flexibility index (Phi) is 7.56. The van der Waals surface area contributed by atoms with E-state index in [0.29, 0.717) is 26.2 Å². The van der Waals surface area contributed by atoms with Crippen molar-refractivity contribution in [1.82, 2.24) is 9.21 Å². The molecule has 156 valence electrons. The Morgan fingerprint density at radius 1 is 1.11 bits per heavy atom. The minimum Gasteiger partial charge on any atom is -0.452 e. The van der Waals surface area contributed by atoms with Crippen molar-refractivity contribution >= 4 is 21.9 Å². The zero-order valence-electron chi connectivity index (χ0n) is 16.8. The lowest BCUT2D eigenvalue weighted by molar-refractivity contribution is -0.146. The molecule has 0 radical (unpaired) electrons. The molecule has 0 aromatic heterocycles. The number of amides is 1. The Morgan fingerprint density at radius 3 is 2.14 bits per heavy atom. The second-order valence-electron chi connectivity index (χ2n) is 6.75. The van der Waals surface area contributed by atoms with Gasteiger partial charge < -0.3 is 14.4 Å². The van der Waals surface area contributed by atoms with Crippen molar-refractivity contribution in [1.29, 1.82) is 0 Å². The molecule has 1 amide bonds. The maximum absolute atomic E-state index is 12.5. The van der Waals surface area contributed by atoms with E-state index in [2.05, 4.69) is 0 Å². The predicted octanol–water partition coefficient (Wildman–Crippen LogP) is 1.51. The third-order valence-corrected chi connectivity index (χ3v) is 6.60. The van der Waals surface area contributed by atoms with E-state index in [4.69, 9.17) is 9.47 Å². The highest BCUT2D eigenvalue weighted by molar-refractivity contribution is 7.89. The Labute approximate surface area is 166 Å². The first-order valence-electron chi connectivity index (χ1n) is 9.39. The van der Waals surface area contributed by atoms with E-state index in [1.165, 1.54) is 28.6 Å². The van der Waals surface area contributed by atoms with Crippen LogP contribution in [0.4, 0.5) is 0 Å². The molecular formula is C19H28N2O6S. The molecule has 28 heavy (non-hydrogen) atoms. The van der Waals surface area contributed by atoms with Crippen LogP contribution in [0.5, 0.6) is 0 Å². The van der Waals surface area contributed by atoms with Crippen molar-refractivity contribution in [3.05, 3.63) is 29.8 Å². The average Bonchev–Trinajstić information content (AvgIpc) is 2.66. The Bertz CT molecular complexity index is 779. The molecule has 0 N–H and O–H groups in total. The van der Waals surface area contributed by atoms with Crippen molar-refractivity contribution in [2.45, 2.75) is 44.8 Å². The van der Waals surface area contributed by atoms with E-state index in [1.807, 2.05) is 13.8 Å². The molecule has 1 aliphatic rings. The number of benzene rings is 1. The fraction of sp³-hybridized carbons (Fsp3) is 0.579. The molecule has 1 heterocycles. The number of ether oxygens (including phenoxy) is 2. The average molecular weight is 413 g/mol. The van der Waals surface area contributed by atoms with E-state index in [1.54, 1.807) is 18.7 Å². The maximum atomic E-state index is 12.5. The molecule has 0 saturated carbocycles. The number of esters is 1. The molecule has 2 rings (SSSR count). The number of morpholine rings is 1. The van der Waals surface area contributed by atoms with Gasteiger partial charge >= 0.3 is 5.97 Å². The van der Waals surface area contributed by atoms with Gasteiger partial charge in [0, 0.05) is 26.2 Å². The minimum atomic E-state index is -3.59. The number of hydrogen-bond donors (Lipinski definition) is 0. The molecule has 2 atom stereocenters. The molecule has 8 nitrogen and oxygen atoms in total. The molecule has 0 bridgehead atoms. The zero-order valence-corrected chi connectivity index (χ0v) is 17.6. The van der Waals surface area contributed by atoms with Gasteiger partial charge in [0.05, 0.1) is 22.7 Å². The first-order valence-corrected chi connectivity index (χ1v) is 10.8. The molecule has 0 unspecified atom stereocenters. The minimum absolute atomic E-state index is 0.0660. The molecule has 1 aromatic carbocycles. The van der Waals surface area contributed by atoms with Gasteiger partial charge in [-0.1, -0.05) is 13.8 Å². The number of rotatable bonds is 7. The summed E-state index contributed by atoms with van der Waals surface area (Å²) < 4.78 is 36.9. The third-order valence-electron chi connectivity index (χ3n) is 4.53. The molecular weight excluding hydrogens is 384 g/mol. The van der Waals surface area contributed by atoms with Crippen LogP contribution in [0.15, 0.2) is 29.2 Å². The zero-order chi connectivity index (χ0) is 20.9. The molecule has 9 heteroatoms. The van der Waals surface area contributed by atoms with E-state index >= 15 is 0 Å². The van der Waals surface area contributed by atoms with Gasteiger partial charge in [-0.15, -0.1) is 0 Å². The van der Waals surface area contributed by atoms with Crippen LogP contribution in [0.25, 0.3) is 0 Å². The van der Waals surface area contributed by atoms with Gasteiger partial charge in [-0.2, -0.15) is 4.31 Å². The summed E-state index contributed by atoms with van der Waals surface area (Å²) in [4.78, 5) is 26.2. The van der Waals surface area contributed by atoms with Crippen LogP contribution in [0, 0.1) is 0 Å². The molecule has 1 fully saturated rings. The SMILES string of the molecule is CCN(CC)S(=O)(=O)c1ccc(C(=O)OCC(=O)N2C[C@@H](C)O[C@@H](C)C2)cc1. The van der Waals surface area contributed by atoms with Gasteiger partial charge in [0.25, 0.3) is 5.91 Å². The summed E-state index contributed by atoms with van der Waals surface area (Å²) in [5.74, 6) is -0.953. The van der Waals surface area contributed by atoms with Gasteiger partial charge in [-0.05, 0) is 38.1 Å². The number of nitrogens with zero attached hydrogens (tertiary/aromatic N) is 2. The van der Waals surface area contributed by atoms with Gasteiger partial charge in [0.2, 0.25) is 10.0 Å². The summed E-state index contributed by atoms with van der Waals surface area (Å²) in [7, 11) is -3.59. The second-order valence-corrected chi connectivity index (χ2v) is 8.68. The monoisotopic (exact) mass is 412 g/mol. The smallest absolute Gasteiger partial charge is 0.338 e. The molecule has 1 aliphatic heterocycles. The summed E-state index contributed by atoms with van der Waals surface area (Å²) in [6, 6.07) is 5.53. The maximum Gasteiger partial charge on any atom is 0.338 e. The van der Waals surface area contributed by atoms with E-state index < -0.39 is 16.0 Å². The first kappa shape index (κ1) is 22.3. The van der Waals surface area contributed by atoms with Crippen LogP contribution in [-0.2, 0) is 24.3 Å². The van der Waals surface area contributed by atoms with Crippen molar-refractivity contribution in [3.8, 4) is 0 Å². The largest absolute Gasteiger partial charge is 0.452 e. The van der Waals surface area contributed by atoms with E-state index in [0.717, 1.165) is 0 Å². The summed E-state index contributed by atoms with van der Waals surface area (Å²) in [5.41, 5.74) is 0.190. The fourth-order valence-electron chi connectivity index (χ4n) is 3.16. The topological polar surface area (TPSA) is 93.2 Å². The molecule has 0 spiro atoms. The third kappa shape index (κ3) is 5.30. The van der Waals surface area contributed by atoms with Gasteiger partial charge in [-0.3, -0.25) is 4.79 Å². The van der Waals surface area contributed by atoms with Crippen molar-refractivity contribution in [2.24, 2.45) is 0 Å². The van der Waals surface area contributed by atoms with Crippen LogP contribution >= 0.6 is 0 Å². The van der Waals surface area contributed by atoms with E-state index in [-0.39, 0.29) is 35.2 Å². The van der Waals surface area contributed by atoms with Crippen LogP contribution in [0.2, 0.25) is 0 Å². The standard InChI is InChI=1S/C19H28N2O6S/c1-5-21(6-2)28(24,25)17-9-7-16(8-10-17)19(23)26-13-18(22)20-11-14(3)27-15(4)12-20/h7-10,14-15H,5-6,11-13H2,1-4H3/t14-,15+. The number of carbonyl (C=O) groups excluding carboxylic acids is 2. The summed E-state index contributed by atoms with van der Waals surface area (Å²) >= 11 is 0. The normalized spacial score (nSPS) is 20.2. The van der Waals surface area contributed by atoms with Crippen LogP contribution in [0.1, 0.15) is 38.1 Å². The molecule has 1 aromatic rings. The van der Waals surface area contributed by atoms with Crippen molar-refractivity contribution in [3.63, 3.8) is 0 Å². The fourth-order valence-corrected chi connectivity index (χ4v) is 4.62. The summed E-state index contributed by atoms with van der Waals surface area (Å²) in [6.45, 7) is 8.58. The van der Waals surface area contributed by atoms with Gasteiger partial charge in [0.1, 0.15) is 0 Å². The predicted molar refractivity (Wildman–Crippen MR) is 103 cm³/mol.